The van der Waals surface area contributed by atoms with E-state index >= 15 is 0 Å². The Morgan fingerprint density at radius 3 is 2.24 bits per heavy atom. The molecule has 0 aromatic heterocycles. The summed E-state index contributed by atoms with van der Waals surface area (Å²) in [5, 5.41) is 4.94. The highest BCUT2D eigenvalue weighted by Crippen LogP contribution is 2.33. The van der Waals surface area contributed by atoms with E-state index in [-0.39, 0.29) is 17.9 Å². The number of hydrogen-bond acceptors (Lipinski definition) is 6. The number of imide groups is 2. The zero-order valence-electron chi connectivity index (χ0n) is 20.5. The van der Waals surface area contributed by atoms with E-state index in [1.807, 2.05) is 26.0 Å². The van der Waals surface area contributed by atoms with Gasteiger partial charge in [-0.05, 0) is 50.3 Å². The minimum atomic E-state index is -0.843. The lowest BCUT2D eigenvalue weighted by Crippen LogP contribution is -2.54. The molecule has 3 aromatic carbocycles. The molecule has 0 bridgehead atoms. The molecule has 2 N–H and O–H groups in total. The summed E-state index contributed by atoms with van der Waals surface area (Å²) in [5.41, 5.74) is 2.99. The summed E-state index contributed by atoms with van der Waals surface area (Å²) in [5.74, 6) is -1.58. The number of anilines is 2. The number of barbiturate groups is 1. The third-order valence-electron chi connectivity index (χ3n) is 5.61. The topological polar surface area (TPSA) is 114 Å². The summed E-state index contributed by atoms with van der Waals surface area (Å²) in [4.78, 5) is 51.7. The third-order valence-corrected chi connectivity index (χ3v) is 5.61. The molecule has 5 amide bonds. The van der Waals surface area contributed by atoms with Gasteiger partial charge in [-0.2, -0.15) is 0 Å². The zero-order valence-corrected chi connectivity index (χ0v) is 20.5. The summed E-state index contributed by atoms with van der Waals surface area (Å²) in [6.45, 7) is 3.47. The molecule has 9 nitrogen and oxygen atoms in total. The number of nitrogens with zero attached hydrogens (tertiary/aromatic N) is 1. The summed E-state index contributed by atoms with van der Waals surface area (Å²) in [6, 6.07) is 18.1. The van der Waals surface area contributed by atoms with Crippen LogP contribution in [0.3, 0.4) is 0 Å². The fraction of sp³-hybridized carbons (Fsp3) is 0.143. The third kappa shape index (κ3) is 5.67. The number of para-hydroxylation sites is 1. The largest absolute Gasteiger partial charge is 0.493 e. The van der Waals surface area contributed by atoms with Crippen LogP contribution in [0.15, 0.2) is 72.3 Å². The Balaban J connectivity index is 1.61. The molecule has 3 aromatic rings. The number of aryl methyl sites for hydroxylation is 2. The molecule has 1 fully saturated rings. The van der Waals surface area contributed by atoms with E-state index < -0.39 is 23.8 Å². The number of benzene rings is 3. The summed E-state index contributed by atoms with van der Waals surface area (Å²) in [6.07, 6.45) is 1.31. The first-order valence-corrected chi connectivity index (χ1v) is 11.4. The average molecular weight is 500 g/mol. The highest BCUT2D eigenvalue weighted by Gasteiger charge is 2.37. The average Bonchev–Trinajstić information content (AvgIpc) is 2.87. The van der Waals surface area contributed by atoms with Gasteiger partial charge in [0.15, 0.2) is 18.1 Å². The van der Waals surface area contributed by atoms with Crippen molar-refractivity contribution in [3.8, 4) is 11.5 Å². The summed E-state index contributed by atoms with van der Waals surface area (Å²) < 4.78 is 11.1. The van der Waals surface area contributed by atoms with Crippen LogP contribution in [0.4, 0.5) is 16.2 Å². The second kappa shape index (κ2) is 10.8. The molecule has 4 rings (SSSR count). The molecule has 188 valence electrons. The maximum absolute atomic E-state index is 13.2. The van der Waals surface area contributed by atoms with Gasteiger partial charge in [0, 0.05) is 11.3 Å². The van der Waals surface area contributed by atoms with Gasteiger partial charge in [0.2, 0.25) is 0 Å². The molecule has 0 spiro atoms. The zero-order chi connectivity index (χ0) is 26.5. The van der Waals surface area contributed by atoms with E-state index in [4.69, 9.17) is 9.47 Å². The maximum Gasteiger partial charge on any atom is 0.335 e. The van der Waals surface area contributed by atoms with Crippen LogP contribution in [0.5, 0.6) is 11.5 Å². The molecule has 1 heterocycles. The van der Waals surface area contributed by atoms with Crippen molar-refractivity contribution in [1.29, 1.82) is 0 Å². The lowest BCUT2D eigenvalue weighted by Gasteiger charge is -2.26. The molecule has 37 heavy (non-hydrogen) atoms. The van der Waals surface area contributed by atoms with Gasteiger partial charge in [-0.1, -0.05) is 47.5 Å². The lowest BCUT2D eigenvalue weighted by molar-refractivity contribution is -0.122. The standard InChI is InChI=1S/C28H25N3O6/c1-17-7-11-20(12-8-17)29-24(32)16-37-25-19(5-4-6-23(25)36-3)15-22-26(33)30-28(35)31(27(22)34)21-13-9-18(2)10-14-21/h4-15H,16H2,1-3H3,(H,29,32)(H,30,33,35)/b22-15+. The quantitative estimate of drug-likeness (QED) is 0.375. The number of urea groups is 1. The number of rotatable bonds is 7. The smallest absolute Gasteiger partial charge is 0.335 e. The Morgan fingerprint density at radius 1 is 0.946 bits per heavy atom. The number of nitrogens with one attached hydrogen (secondary N) is 2. The first kappa shape index (κ1) is 25.2. The van der Waals surface area contributed by atoms with Crippen LogP contribution in [0, 0.1) is 13.8 Å². The SMILES string of the molecule is COc1cccc(/C=C2\C(=O)NC(=O)N(c3ccc(C)cc3)C2=O)c1OCC(=O)Nc1ccc(C)cc1. The van der Waals surface area contributed by atoms with Crippen molar-refractivity contribution in [3.05, 3.63) is 89.0 Å². The Labute approximate surface area is 213 Å². The maximum atomic E-state index is 13.2. The minimum absolute atomic E-state index is 0.163. The fourth-order valence-corrected chi connectivity index (χ4v) is 3.67. The lowest BCUT2D eigenvalue weighted by atomic mass is 10.1. The van der Waals surface area contributed by atoms with Crippen LogP contribution < -0.4 is 25.0 Å². The Kier molecular flexibility index (Phi) is 7.34. The van der Waals surface area contributed by atoms with Gasteiger partial charge >= 0.3 is 6.03 Å². The van der Waals surface area contributed by atoms with Crippen LogP contribution in [-0.4, -0.2) is 37.5 Å². The van der Waals surface area contributed by atoms with Gasteiger partial charge in [0.1, 0.15) is 5.57 Å². The van der Waals surface area contributed by atoms with E-state index in [0.717, 1.165) is 16.0 Å². The highest BCUT2D eigenvalue weighted by atomic mass is 16.5. The van der Waals surface area contributed by atoms with Crippen molar-refractivity contribution in [2.75, 3.05) is 23.9 Å². The van der Waals surface area contributed by atoms with Crippen LogP contribution in [0.25, 0.3) is 6.08 Å². The number of carbonyl (C=O) groups is 4. The molecule has 1 aliphatic heterocycles. The van der Waals surface area contributed by atoms with Gasteiger partial charge in [-0.15, -0.1) is 0 Å². The number of methoxy groups -OCH3 is 1. The first-order chi connectivity index (χ1) is 17.8. The van der Waals surface area contributed by atoms with Crippen molar-refractivity contribution >= 4 is 41.2 Å². The molecule has 1 saturated heterocycles. The Bertz CT molecular complexity index is 1390. The normalized spacial score (nSPS) is 14.4. The highest BCUT2D eigenvalue weighted by molar-refractivity contribution is 6.39. The molecular formula is C28H25N3O6. The van der Waals surface area contributed by atoms with Gasteiger partial charge in [0.05, 0.1) is 12.8 Å². The Hall–Kier alpha value is -4.92. The molecule has 0 radical (unpaired) electrons. The van der Waals surface area contributed by atoms with E-state index in [9.17, 15) is 19.2 Å². The van der Waals surface area contributed by atoms with E-state index in [1.54, 1.807) is 54.6 Å². The molecule has 0 saturated carbocycles. The first-order valence-electron chi connectivity index (χ1n) is 11.4. The van der Waals surface area contributed by atoms with Crippen LogP contribution in [0.2, 0.25) is 0 Å². The van der Waals surface area contributed by atoms with Gasteiger partial charge < -0.3 is 14.8 Å². The predicted octanol–water partition coefficient (Wildman–Crippen LogP) is 4.00. The van der Waals surface area contributed by atoms with E-state index in [0.29, 0.717) is 22.7 Å². The molecule has 0 aliphatic carbocycles. The van der Waals surface area contributed by atoms with Crippen LogP contribution in [-0.2, 0) is 14.4 Å². The van der Waals surface area contributed by atoms with E-state index in [1.165, 1.54) is 13.2 Å². The number of carbonyl (C=O) groups excluding carboxylic acids is 4. The van der Waals surface area contributed by atoms with Crippen molar-refractivity contribution in [3.63, 3.8) is 0 Å². The van der Waals surface area contributed by atoms with Crippen LogP contribution >= 0.6 is 0 Å². The second-order valence-corrected chi connectivity index (χ2v) is 8.37. The minimum Gasteiger partial charge on any atom is -0.493 e. The van der Waals surface area contributed by atoms with Crippen molar-refractivity contribution < 1.29 is 28.7 Å². The molecule has 1 aliphatic rings. The molecule has 0 unspecified atom stereocenters. The summed E-state index contributed by atoms with van der Waals surface area (Å²) in [7, 11) is 1.43. The molecule has 9 heteroatoms. The second-order valence-electron chi connectivity index (χ2n) is 8.37. The number of amides is 5. The predicted molar refractivity (Wildman–Crippen MR) is 138 cm³/mol. The molecular weight excluding hydrogens is 474 g/mol. The number of ether oxygens (including phenoxy) is 2. The van der Waals surface area contributed by atoms with Gasteiger partial charge in [0.25, 0.3) is 17.7 Å². The van der Waals surface area contributed by atoms with Gasteiger partial charge in [-0.25, -0.2) is 9.69 Å². The van der Waals surface area contributed by atoms with Crippen molar-refractivity contribution in [2.24, 2.45) is 0 Å². The summed E-state index contributed by atoms with van der Waals surface area (Å²) >= 11 is 0. The molecule has 0 atom stereocenters. The number of hydrogen-bond donors (Lipinski definition) is 2. The van der Waals surface area contributed by atoms with Crippen molar-refractivity contribution in [2.45, 2.75) is 13.8 Å². The van der Waals surface area contributed by atoms with E-state index in [2.05, 4.69) is 10.6 Å². The van der Waals surface area contributed by atoms with Crippen molar-refractivity contribution in [1.82, 2.24) is 5.32 Å². The van der Waals surface area contributed by atoms with Crippen LogP contribution in [0.1, 0.15) is 16.7 Å². The Morgan fingerprint density at radius 2 is 1.59 bits per heavy atom. The van der Waals surface area contributed by atoms with Gasteiger partial charge in [-0.3, -0.25) is 19.7 Å². The fourth-order valence-electron chi connectivity index (χ4n) is 3.67. The monoisotopic (exact) mass is 499 g/mol.